The Labute approximate surface area is 98.5 Å². The van der Waals surface area contributed by atoms with E-state index in [9.17, 15) is 0 Å². The number of benzene rings is 1. The highest BCUT2D eigenvalue weighted by Crippen LogP contribution is 2.24. The number of hydrogen-bond acceptors (Lipinski definition) is 4. The maximum absolute atomic E-state index is 8.76. The Balaban J connectivity index is 2.35. The Hall–Kier alpha value is -1.26. The smallest absolute Gasteiger partial charge is 0.119 e. The normalized spacial score (nSPS) is 10.6. The minimum atomic E-state index is 0.181. The van der Waals surface area contributed by atoms with Crippen LogP contribution in [0.2, 0.25) is 0 Å². The van der Waals surface area contributed by atoms with Crippen molar-refractivity contribution in [2.45, 2.75) is 4.90 Å². The van der Waals surface area contributed by atoms with Crippen LogP contribution in [0.1, 0.15) is 0 Å². The number of ether oxygens (including phenoxy) is 1. The van der Waals surface area contributed by atoms with Crippen LogP contribution in [0.25, 0.3) is 10.9 Å². The molecule has 0 radical (unpaired) electrons. The lowest BCUT2D eigenvalue weighted by Crippen LogP contribution is -1.88. The van der Waals surface area contributed by atoms with Crippen molar-refractivity contribution in [2.24, 2.45) is 0 Å². The molecule has 0 fully saturated rings. The SMILES string of the molecule is COc1ccc2ncc(SCCO)cc2c1. The van der Waals surface area contributed by atoms with Gasteiger partial charge in [-0.3, -0.25) is 4.98 Å². The van der Waals surface area contributed by atoms with Crippen molar-refractivity contribution in [1.82, 2.24) is 4.98 Å². The third-order valence-electron chi connectivity index (χ3n) is 2.22. The van der Waals surface area contributed by atoms with Crippen molar-refractivity contribution in [1.29, 1.82) is 0 Å². The van der Waals surface area contributed by atoms with Crippen LogP contribution in [0.3, 0.4) is 0 Å². The number of hydrogen-bond donors (Lipinski definition) is 1. The predicted octanol–water partition coefficient (Wildman–Crippen LogP) is 2.33. The number of fused-ring (bicyclic) bond motifs is 1. The molecule has 1 aromatic carbocycles. The van der Waals surface area contributed by atoms with Gasteiger partial charge in [0.1, 0.15) is 5.75 Å². The van der Waals surface area contributed by atoms with Crippen molar-refractivity contribution in [3.63, 3.8) is 0 Å². The molecule has 0 saturated carbocycles. The summed E-state index contributed by atoms with van der Waals surface area (Å²) in [7, 11) is 1.65. The lowest BCUT2D eigenvalue weighted by Gasteiger charge is -2.04. The molecule has 0 spiro atoms. The van der Waals surface area contributed by atoms with Gasteiger partial charge in [-0.2, -0.15) is 0 Å². The largest absolute Gasteiger partial charge is 0.497 e. The van der Waals surface area contributed by atoms with Gasteiger partial charge in [0.25, 0.3) is 0 Å². The Morgan fingerprint density at radius 3 is 3.00 bits per heavy atom. The van der Waals surface area contributed by atoms with Crippen LogP contribution in [-0.4, -0.2) is 29.6 Å². The van der Waals surface area contributed by atoms with E-state index in [0.29, 0.717) is 5.75 Å². The van der Waals surface area contributed by atoms with E-state index in [1.807, 2.05) is 24.4 Å². The summed E-state index contributed by atoms with van der Waals surface area (Å²) in [5.41, 5.74) is 0.953. The van der Waals surface area contributed by atoms with E-state index in [-0.39, 0.29) is 6.61 Å². The fourth-order valence-electron chi connectivity index (χ4n) is 1.46. The topological polar surface area (TPSA) is 42.4 Å². The van der Waals surface area contributed by atoms with Gasteiger partial charge in [0.2, 0.25) is 0 Å². The first-order valence-corrected chi connectivity index (χ1v) is 5.99. The van der Waals surface area contributed by atoms with Gasteiger partial charge in [-0.05, 0) is 24.3 Å². The minimum Gasteiger partial charge on any atom is -0.497 e. The number of methoxy groups -OCH3 is 1. The number of rotatable bonds is 4. The van der Waals surface area contributed by atoms with Gasteiger partial charge in [-0.1, -0.05) is 0 Å². The minimum absolute atomic E-state index is 0.181. The van der Waals surface area contributed by atoms with Gasteiger partial charge >= 0.3 is 0 Å². The lowest BCUT2D eigenvalue weighted by molar-refractivity contribution is 0.322. The zero-order valence-electron chi connectivity index (χ0n) is 9.01. The molecule has 0 unspecified atom stereocenters. The fourth-order valence-corrected chi connectivity index (χ4v) is 2.12. The lowest BCUT2D eigenvalue weighted by atomic mass is 10.2. The van der Waals surface area contributed by atoms with Crippen LogP contribution < -0.4 is 4.74 Å². The number of aliphatic hydroxyl groups excluding tert-OH is 1. The van der Waals surface area contributed by atoms with E-state index in [1.165, 1.54) is 0 Å². The third-order valence-corrected chi connectivity index (χ3v) is 3.17. The summed E-state index contributed by atoms with van der Waals surface area (Å²) in [6.07, 6.45) is 1.83. The average Bonchev–Trinajstić information content (AvgIpc) is 2.35. The van der Waals surface area contributed by atoms with Gasteiger partial charge < -0.3 is 9.84 Å². The van der Waals surface area contributed by atoms with Gasteiger partial charge in [0, 0.05) is 22.2 Å². The second-order valence-corrected chi connectivity index (χ2v) is 4.47. The Kier molecular flexibility index (Phi) is 3.64. The number of aliphatic hydroxyl groups is 1. The Morgan fingerprint density at radius 2 is 2.25 bits per heavy atom. The van der Waals surface area contributed by atoms with Crippen molar-refractivity contribution >= 4 is 22.7 Å². The van der Waals surface area contributed by atoms with Crippen molar-refractivity contribution in [2.75, 3.05) is 19.5 Å². The molecule has 0 saturated heterocycles. The molecule has 1 aromatic heterocycles. The van der Waals surface area contributed by atoms with Crippen LogP contribution in [0.4, 0.5) is 0 Å². The third kappa shape index (κ3) is 2.46. The number of pyridine rings is 1. The number of thioether (sulfide) groups is 1. The Bertz CT molecular complexity index is 487. The standard InChI is InChI=1S/C12H13NO2S/c1-15-10-2-3-12-9(6-10)7-11(8-13-12)16-5-4-14/h2-3,6-8,14H,4-5H2,1H3. The molecule has 16 heavy (non-hydrogen) atoms. The zero-order chi connectivity index (χ0) is 11.4. The zero-order valence-corrected chi connectivity index (χ0v) is 9.83. The molecule has 0 aliphatic rings. The summed E-state index contributed by atoms with van der Waals surface area (Å²) < 4.78 is 5.17. The molecule has 1 heterocycles. The van der Waals surface area contributed by atoms with E-state index < -0.39 is 0 Å². The molecule has 4 heteroatoms. The molecule has 2 rings (SSSR count). The summed E-state index contributed by atoms with van der Waals surface area (Å²) in [6.45, 7) is 0.181. The molecular weight excluding hydrogens is 222 g/mol. The Morgan fingerprint density at radius 1 is 1.38 bits per heavy atom. The van der Waals surface area contributed by atoms with E-state index in [2.05, 4.69) is 11.1 Å². The molecular formula is C12H13NO2S. The fraction of sp³-hybridized carbons (Fsp3) is 0.250. The van der Waals surface area contributed by atoms with E-state index in [4.69, 9.17) is 9.84 Å². The second kappa shape index (κ2) is 5.18. The summed E-state index contributed by atoms with van der Waals surface area (Å²) >= 11 is 1.60. The molecule has 3 nitrogen and oxygen atoms in total. The first-order chi connectivity index (χ1) is 7.83. The first kappa shape index (κ1) is 11.2. The molecule has 84 valence electrons. The maximum atomic E-state index is 8.76. The van der Waals surface area contributed by atoms with E-state index in [1.54, 1.807) is 18.9 Å². The van der Waals surface area contributed by atoms with Gasteiger partial charge in [0.15, 0.2) is 0 Å². The molecule has 0 aliphatic heterocycles. The highest BCUT2D eigenvalue weighted by Gasteiger charge is 2.00. The summed E-state index contributed by atoms with van der Waals surface area (Å²) in [6, 6.07) is 7.86. The van der Waals surface area contributed by atoms with Crippen LogP contribution in [0.15, 0.2) is 35.4 Å². The van der Waals surface area contributed by atoms with Crippen molar-refractivity contribution in [3.05, 3.63) is 30.5 Å². The van der Waals surface area contributed by atoms with Crippen molar-refractivity contribution in [3.8, 4) is 5.75 Å². The van der Waals surface area contributed by atoms with Crippen LogP contribution in [0.5, 0.6) is 5.75 Å². The van der Waals surface area contributed by atoms with E-state index >= 15 is 0 Å². The van der Waals surface area contributed by atoms with Gasteiger partial charge in [-0.15, -0.1) is 11.8 Å². The summed E-state index contributed by atoms with van der Waals surface area (Å²) in [5, 5.41) is 9.82. The highest BCUT2D eigenvalue weighted by molar-refractivity contribution is 7.99. The average molecular weight is 235 g/mol. The monoisotopic (exact) mass is 235 g/mol. The van der Waals surface area contributed by atoms with Gasteiger partial charge in [-0.25, -0.2) is 0 Å². The van der Waals surface area contributed by atoms with Crippen molar-refractivity contribution < 1.29 is 9.84 Å². The van der Waals surface area contributed by atoms with Crippen LogP contribution in [0, 0.1) is 0 Å². The first-order valence-electron chi connectivity index (χ1n) is 5.01. The van der Waals surface area contributed by atoms with Gasteiger partial charge in [0.05, 0.1) is 19.2 Å². The molecule has 0 atom stereocenters. The number of nitrogens with zero attached hydrogens (tertiary/aromatic N) is 1. The molecule has 1 N–H and O–H groups in total. The predicted molar refractivity (Wildman–Crippen MR) is 66.1 cm³/mol. The highest BCUT2D eigenvalue weighted by atomic mass is 32.2. The molecule has 0 bridgehead atoms. The van der Waals surface area contributed by atoms with E-state index in [0.717, 1.165) is 21.5 Å². The maximum Gasteiger partial charge on any atom is 0.119 e. The van der Waals surface area contributed by atoms with Crippen LogP contribution in [-0.2, 0) is 0 Å². The molecule has 0 aliphatic carbocycles. The second-order valence-electron chi connectivity index (χ2n) is 3.30. The van der Waals surface area contributed by atoms with Crippen LogP contribution >= 0.6 is 11.8 Å². The summed E-state index contributed by atoms with van der Waals surface area (Å²) in [5.74, 6) is 1.52. The molecule has 2 aromatic rings. The molecule has 0 amide bonds. The number of aromatic nitrogens is 1. The quantitative estimate of drug-likeness (QED) is 0.826. The summed E-state index contributed by atoms with van der Waals surface area (Å²) in [4.78, 5) is 5.42.